The van der Waals surface area contributed by atoms with Gasteiger partial charge in [-0.25, -0.2) is 0 Å². The molecular formula is C17H21BrO. The van der Waals surface area contributed by atoms with E-state index in [0.717, 1.165) is 28.5 Å². The van der Waals surface area contributed by atoms with Crippen molar-refractivity contribution in [1.29, 1.82) is 0 Å². The largest absolute Gasteiger partial charge is 0.294 e. The Balaban J connectivity index is 2.29. The van der Waals surface area contributed by atoms with Crippen LogP contribution >= 0.6 is 15.9 Å². The molecule has 1 nitrogen and oxygen atoms in total. The van der Waals surface area contributed by atoms with Crippen LogP contribution in [-0.4, -0.2) is 5.78 Å². The monoisotopic (exact) mass is 320 g/mol. The van der Waals surface area contributed by atoms with Gasteiger partial charge < -0.3 is 0 Å². The van der Waals surface area contributed by atoms with Crippen LogP contribution in [0.1, 0.15) is 39.2 Å². The maximum Gasteiger partial charge on any atom is 0.162 e. The van der Waals surface area contributed by atoms with Crippen molar-refractivity contribution in [2.75, 3.05) is 0 Å². The molecule has 19 heavy (non-hydrogen) atoms. The highest BCUT2D eigenvalue weighted by Gasteiger charge is 2.32. The summed E-state index contributed by atoms with van der Waals surface area (Å²) in [5.41, 5.74) is 2.12. The van der Waals surface area contributed by atoms with E-state index in [0.29, 0.717) is 17.6 Å². The highest BCUT2D eigenvalue weighted by molar-refractivity contribution is 9.10. The normalized spacial score (nSPS) is 26.2. The van der Waals surface area contributed by atoms with Crippen molar-refractivity contribution in [3.63, 3.8) is 0 Å². The van der Waals surface area contributed by atoms with E-state index in [-0.39, 0.29) is 5.92 Å². The Morgan fingerprint density at radius 3 is 2.42 bits per heavy atom. The predicted octanol–water partition coefficient (Wildman–Crippen LogP) is 5.10. The molecule has 1 aromatic rings. The second-order valence-electron chi connectivity index (χ2n) is 5.84. The van der Waals surface area contributed by atoms with Gasteiger partial charge in [0.15, 0.2) is 5.78 Å². The standard InChI is InChI=1S/C17H21BrO/c1-11(2)15-9-4-12(3)16(17(15)19)10-13-5-7-14(18)8-6-13/h5-8,10-12,15H,4,9H2,1-3H3/b16-10+/t12-,15-/m1/s1. The van der Waals surface area contributed by atoms with E-state index in [9.17, 15) is 4.79 Å². The van der Waals surface area contributed by atoms with E-state index in [4.69, 9.17) is 0 Å². The van der Waals surface area contributed by atoms with Gasteiger partial charge in [-0.2, -0.15) is 0 Å². The first kappa shape index (κ1) is 14.5. The number of carbonyl (C=O) groups excluding carboxylic acids is 1. The van der Waals surface area contributed by atoms with Crippen molar-refractivity contribution in [3.05, 3.63) is 39.9 Å². The Kier molecular flexibility index (Phi) is 4.62. The molecule has 0 bridgehead atoms. The highest BCUT2D eigenvalue weighted by atomic mass is 79.9. The third-order valence-corrected chi connectivity index (χ3v) is 4.59. The first-order valence-corrected chi connectivity index (χ1v) is 7.79. The zero-order valence-corrected chi connectivity index (χ0v) is 13.4. The molecule has 2 heteroatoms. The van der Waals surface area contributed by atoms with Crippen molar-refractivity contribution in [1.82, 2.24) is 0 Å². The van der Waals surface area contributed by atoms with Crippen LogP contribution in [0.3, 0.4) is 0 Å². The summed E-state index contributed by atoms with van der Waals surface area (Å²) in [5.74, 6) is 1.38. The van der Waals surface area contributed by atoms with Crippen LogP contribution in [0.15, 0.2) is 34.3 Å². The van der Waals surface area contributed by atoms with Crippen LogP contribution in [0.5, 0.6) is 0 Å². The minimum atomic E-state index is 0.206. The summed E-state index contributed by atoms with van der Waals surface area (Å²) in [5, 5.41) is 0. The van der Waals surface area contributed by atoms with Crippen LogP contribution < -0.4 is 0 Å². The topological polar surface area (TPSA) is 17.1 Å². The molecule has 0 radical (unpaired) electrons. The van der Waals surface area contributed by atoms with Gasteiger partial charge in [-0.1, -0.05) is 48.8 Å². The lowest BCUT2D eigenvalue weighted by molar-refractivity contribution is -0.122. The summed E-state index contributed by atoms with van der Waals surface area (Å²) < 4.78 is 1.07. The van der Waals surface area contributed by atoms with Gasteiger partial charge in [0.2, 0.25) is 0 Å². The molecule has 1 saturated carbocycles. The number of halogens is 1. The van der Waals surface area contributed by atoms with Crippen molar-refractivity contribution >= 4 is 27.8 Å². The number of benzene rings is 1. The van der Waals surface area contributed by atoms with Gasteiger partial charge in [-0.15, -0.1) is 0 Å². The fourth-order valence-electron chi connectivity index (χ4n) is 2.76. The number of hydrogen-bond donors (Lipinski definition) is 0. The molecule has 0 N–H and O–H groups in total. The van der Waals surface area contributed by atoms with Crippen molar-refractivity contribution < 1.29 is 4.79 Å². The SMILES string of the molecule is CC(C)[C@H]1CC[C@@H](C)/C(=C\c2ccc(Br)cc2)C1=O. The first-order chi connectivity index (χ1) is 8.99. The highest BCUT2D eigenvalue weighted by Crippen LogP contribution is 2.35. The Hall–Kier alpha value is -0.890. The average Bonchev–Trinajstić information content (AvgIpc) is 2.36. The van der Waals surface area contributed by atoms with Gasteiger partial charge >= 0.3 is 0 Å². The minimum Gasteiger partial charge on any atom is -0.294 e. The molecular weight excluding hydrogens is 300 g/mol. The number of ketones is 1. The number of Topliss-reactive ketones (excluding diaryl/α,β-unsaturated/α-hetero) is 1. The van der Waals surface area contributed by atoms with Gasteiger partial charge in [-0.3, -0.25) is 4.79 Å². The third kappa shape index (κ3) is 3.36. The maximum atomic E-state index is 12.6. The van der Waals surface area contributed by atoms with Gasteiger partial charge in [0.1, 0.15) is 0 Å². The lowest BCUT2D eigenvalue weighted by atomic mass is 9.73. The van der Waals surface area contributed by atoms with Gasteiger partial charge in [0.05, 0.1) is 0 Å². The minimum absolute atomic E-state index is 0.206. The summed E-state index contributed by atoms with van der Waals surface area (Å²) >= 11 is 3.44. The van der Waals surface area contributed by atoms with E-state index < -0.39 is 0 Å². The Morgan fingerprint density at radius 2 is 1.84 bits per heavy atom. The van der Waals surface area contributed by atoms with Crippen LogP contribution in [0, 0.1) is 17.8 Å². The molecule has 0 spiro atoms. The molecule has 1 aromatic carbocycles. The fraction of sp³-hybridized carbons (Fsp3) is 0.471. The zero-order chi connectivity index (χ0) is 14.0. The van der Waals surface area contributed by atoms with Crippen molar-refractivity contribution in [2.24, 2.45) is 17.8 Å². The Labute approximate surface area is 124 Å². The second-order valence-corrected chi connectivity index (χ2v) is 6.76. The van der Waals surface area contributed by atoms with E-state index in [2.05, 4.69) is 54.9 Å². The number of carbonyl (C=O) groups is 1. The lowest BCUT2D eigenvalue weighted by Gasteiger charge is -2.30. The quantitative estimate of drug-likeness (QED) is 0.692. The molecule has 0 aliphatic heterocycles. The van der Waals surface area contributed by atoms with Crippen molar-refractivity contribution in [3.8, 4) is 0 Å². The number of allylic oxidation sites excluding steroid dienone is 1. The van der Waals surface area contributed by atoms with E-state index in [1.807, 2.05) is 12.1 Å². The van der Waals surface area contributed by atoms with Crippen LogP contribution in [0.2, 0.25) is 0 Å². The molecule has 0 amide bonds. The van der Waals surface area contributed by atoms with Gasteiger partial charge in [-0.05, 0) is 54.0 Å². The van der Waals surface area contributed by atoms with Gasteiger partial charge in [0.25, 0.3) is 0 Å². The molecule has 1 fully saturated rings. The summed E-state index contributed by atoms with van der Waals surface area (Å²) in [4.78, 5) is 12.6. The van der Waals surface area contributed by atoms with Crippen LogP contribution in [0.25, 0.3) is 6.08 Å². The summed E-state index contributed by atoms with van der Waals surface area (Å²) in [6.45, 7) is 6.46. The predicted molar refractivity (Wildman–Crippen MR) is 83.9 cm³/mol. The number of rotatable bonds is 2. The molecule has 0 aromatic heterocycles. The number of hydrogen-bond acceptors (Lipinski definition) is 1. The summed E-state index contributed by atoms with van der Waals surface area (Å²) in [6, 6.07) is 8.14. The molecule has 0 saturated heterocycles. The first-order valence-electron chi connectivity index (χ1n) is 7.00. The zero-order valence-electron chi connectivity index (χ0n) is 11.8. The fourth-order valence-corrected chi connectivity index (χ4v) is 3.03. The molecule has 102 valence electrons. The molecule has 1 aliphatic rings. The summed E-state index contributed by atoms with van der Waals surface area (Å²) in [7, 11) is 0. The van der Waals surface area contributed by atoms with Crippen LogP contribution in [0.4, 0.5) is 0 Å². The Bertz CT molecular complexity index is 484. The van der Waals surface area contributed by atoms with Gasteiger partial charge in [0, 0.05) is 10.4 Å². The average molecular weight is 321 g/mol. The molecule has 2 rings (SSSR count). The van der Waals surface area contributed by atoms with E-state index in [1.54, 1.807) is 0 Å². The summed E-state index contributed by atoms with van der Waals surface area (Å²) in [6.07, 6.45) is 4.24. The molecule has 2 atom stereocenters. The smallest absolute Gasteiger partial charge is 0.162 e. The van der Waals surface area contributed by atoms with E-state index >= 15 is 0 Å². The maximum absolute atomic E-state index is 12.6. The third-order valence-electron chi connectivity index (χ3n) is 4.06. The van der Waals surface area contributed by atoms with Crippen molar-refractivity contribution in [2.45, 2.75) is 33.6 Å². The lowest BCUT2D eigenvalue weighted by Crippen LogP contribution is -2.30. The molecule has 0 heterocycles. The Morgan fingerprint density at radius 1 is 1.21 bits per heavy atom. The second kappa shape index (κ2) is 6.04. The molecule has 1 aliphatic carbocycles. The molecule has 0 unspecified atom stereocenters. The van der Waals surface area contributed by atoms with Crippen LogP contribution in [-0.2, 0) is 4.79 Å². The van der Waals surface area contributed by atoms with E-state index in [1.165, 1.54) is 0 Å².